The Labute approximate surface area is 143 Å². The lowest BCUT2D eigenvalue weighted by molar-refractivity contribution is 0.0998. The molecule has 24 heavy (non-hydrogen) atoms. The highest BCUT2D eigenvalue weighted by Crippen LogP contribution is 2.29. The van der Waals surface area contributed by atoms with Gasteiger partial charge in [0.2, 0.25) is 0 Å². The van der Waals surface area contributed by atoms with E-state index in [4.69, 9.17) is 20.8 Å². The summed E-state index contributed by atoms with van der Waals surface area (Å²) in [7, 11) is 1.52. The first-order valence-corrected chi connectivity index (χ1v) is 7.69. The summed E-state index contributed by atoms with van der Waals surface area (Å²) < 4.78 is 10.8. The Morgan fingerprint density at radius 1 is 1.29 bits per heavy atom. The molecule has 0 aliphatic heterocycles. The van der Waals surface area contributed by atoms with Crippen LogP contribution in [0.15, 0.2) is 40.8 Å². The van der Waals surface area contributed by atoms with Gasteiger partial charge in [-0.05, 0) is 43.3 Å². The summed E-state index contributed by atoms with van der Waals surface area (Å²) in [6.45, 7) is 1.62. The molecule has 0 fully saturated rings. The van der Waals surface area contributed by atoms with Crippen LogP contribution in [-0.4, -0.2) is 18.1 Å². The molecule has 2 N–H and O–H groups in total. The highest BCUT2D eigenvalue weighted by Gasteiger charge is 2.18. The summed E-state index contributed by atoms with van der Waals surface area (Å²) >= 11 is 5.99. The second-order valence-electron chi connectivity index (χ2n) is 5.34. The third-order valence-corrected chi connectivity index (χ3v) is 4.05. The number of aliphatic hydroxyl groups excluding tert-OH is 1. The number of amides is 1. The van der Waals surface area contributed by atoms with E-state index in [9.17, 15) is 9.90 Å². The zero-order chi connectivity index (χ0) is 17.3. The number of fused-ring (bicyclic) bond motifs is 1. The van der Waals surface area contributed by atoms with Crippen molar-refractivity contribution in [1.29, 1.82) is 0 Å². The van der Waals surface area contributed by atoms with Gasteiger partial charge in [-0.2, -0.15) is 0 Å². The fourth-order valence-corrected chi connectivity index (χ4v) is 2.75. The molecular formula is C18H16ClNO4. The molecule has 5 nitrogen and oxygen atoms in total. The number of benzene rings is 2. The average molecular weight is 346 g/mol. The predicted octanol–water partition coefficient (Wildman–Crippen LogP) is 4.15. The van der Waals surface area contributed by atoms with Crippen LogP contribution >= 0.6 is 11.6 Å². The zero-order valence-electron chi connectivity index (χ0n) is 13.2. The highest BCUT2D eigenvalue weighted by atomic mass is 35.5. The number of furan rings is 1. The number of aliphatic hydroxyl groups is 1. The number of hydrogen-bond donors (Lipinski definition) is 2. The minimum atomic E-state index is -0.367. The van der Waals surface area contributed by atoms with E-state index in [0.29, 0.717) is 27.6 Å². The van der Waals surface area contributed by atoms with Crippen molar-refractivity contribution in [2.24, 2.45) is 0 Å². The largest absolute Gasteiger partial charge is 0.496 e. The van der Waals surface area contributed by atoms with Gasteiger partial charge in [-0.1, -0.05) is 11.6 Å². The number of carbonyl (C=O) groups excluding carboxylic acids is 1. The first kappa shape index (κ1) is 16.4. The molecule has 3 aromatic rings. The van der Waals surface area contributed by atoms with E-state index >= 15 is 0 Å². The Balaban J connectivity index is 1.91. The van der Waals surface area contributed by atoms with Gasteiger partial charge in [0.1, 0.15) is 11.3 Å². The molecule has 1 amide bonds. The van der Waals surface area contributed by atoms with Gasteiger partial charge >= 0.3 is 0 Å². The lowest BCUT2D eigenvalue weighted by Crippen LogP contribution is -2.12. The molecule has 0 saturated carbocycles. The van der Waals surface area contributed by atoms with Gasteiger partial charge in [0.25, 0.3) is 5.91 Å². The second-order valence-corrected chi connectivity index (χ2v) is 5.77. The Bertz CT molecular complexity index is 917. The summed E-state index contributed by atoms with van der Waals surface area (Å²) in [5, 5.41) is 13.5. The molecule has 1 aromatic heterocycles. The van der Waals surface area contributed by atoms with E-state index in [2.05, 4.69) is 5.32 Å². The van der Waals surface area contributed by atoms with Crippen molar-refractivity contribution in [2.45, 2.75) is 13.5 Å². The van der Waals surface area contributed by atoms with E-state index in [-0.39, 0.29) is 18.3 Å². The number of methoxy groups -OCH3 is 1. The van der Waals surface area contributed by atoms with Gasteiger partial charge < -0.3 is 19.6 Å². The molecule has 3 rings (SSSR count). The molecule has 0 aliphatic carbocycles. The van der Waals surface area contributed by atoms with E-state index in [1.165, 1.54) is 7.11 Å². The van der Waals surface area contributed by atoms with Crippen LogP contribution in [0.2, 0.25) is 5.02 Å². The smallest absolute Gasteiger partial charge is 0.291 e. The molecule has 0 aliphatic rings. The van der Waals surface area contributed by atoms with E-state index in [0.717, 1.165) is 10.9 Å². The van der Waals surface area contributed by atoms with Crippen LogP contribution in [0.4, 0.5) is 5.69 Å². The van der Waals surface area contributed by atoms with Gasteiger partial charge in [-0.25, -0.2) is 0 Å². The maximum Gasteiger partial charge on any atom is 0.291 e. The molecule has 0 spiro atoms. The van der Waals surface area contributed by atoms with Crippen molar-refractivity contribution in [3.05, 3.63) is 58.3 Å². The van der Waals surface area contributed by atoms with Gasteiger partial charge in [0.05, 0.1) is 13.7 Å². The summed E-state index contributed by atoms with van der Waals surface area (Å²) in [6, 6.07) is 10.3. The molecule has 0 bridgehead atoms. The highest BCUT2D eigenvalue weighted by molar-refractivity contribution is 6.31. The van der Waals surface area contributed by atoms with Crippen LogP contribution in [-0.2, 0) is 6.61 Å². The molecule has 1 heterocycles. The van der Waals surface area contributed by atoms with Crippen molar-refractivity contribution in [2.75, 3.05) is 12.4 Å². The average Bonchev–Trinajstić information content (AvgIpc) is 2.91. The molecular weight excluding hydrogens is 330 g/mol. The lowest BCUT2D eigenvalue weighted by atomic mass is 10.1. The molecule has 0 atom stereocenters. The number of carbonyl (C=O) groups is 1. The quantitative estimate of drug-likeness (QED) is 0.745. The topological polar surface area (TPSA) is 71.7 Å². The molecule has 0 unspecified atom stereocenters. The summed E-state index contributed by atoms with van der Waals surface area (Å²) in [6.07, 6.45) is 0. The molecule has 124 valence electrons. The van der Waals surface area contributed by atoms with Crippen LogP contribution < -0.4 is 10.1 Å². The Kier molecular flexibility index (Phi) is 4.46. The number of rotatable bonds is 4. The lowest BCUT2D eigenvalue weighted by Gasteiger charge is -2.09. The van der Waals surface area contributed by atoms with Crippen molar-refractivity contribution in [3.63, 3.8) is 0 Å². The SMILES string of the molecule is COc1ccc(NC(=O)c2oc3ccc(Cl)cc3c2C)cc1CO. The minimum absolute atomic E-state index is 0.185. The van der Waals surface area contributed by atoms with E-state index < -0.39 is 0 Å². The van der Waals surface area contributed by atoms with Crippen LogP contribution in [0, 0.1) is 6.92 Å². The normalized spacial score (nSPS) is 10.8. The number of nitrogens with one attached hydrogen (secondary N) is 1. The Hall–Kier alpha value is -2.50. The number of halogens is 1. The van der Waals surface area contributed by atoms with Gasteiger partial charge in [0, 0.05) is 27.2 Å². The van der Waals surface area contributed by atoms with Crippen molar-refractivity contribution in [3.8, 4) is 5.75 Å². The molecule has 0 saturated heterocycles. The minimum Gasteiger partial charge on any atom is -0.496 e. The number of anilines is 1. The van der Waals surface area contributed by atoms with Crippen LogP contribution in [0.5, 0.6) is 5.75 Å². The molecule has 0 radical (unpaired) electrons. The van der Waals surface area contributed by atoms with Crippen LogP contribution in [0.1, 0.15) is 21.7 Å². The first-order valence-electron chi connectivity index (χ1n) is 7.31. The van der Waals surface area contributed by atoms with E-state index in [1.807, 2.05) is 6.92 Å². The van der Waals surface area contributed by atoms with Gasteiger partial charge in [-0.15, -0.1) is 0 Å². The number of hydrogen-bond acceptors (Lipinski definition) is 4. The van der Waals surface area contributed by atoms with Crippen LogP contribution in [0.25, 0.3) is 11.0 Å². The zero-order valence-corrected chi connectivity index (χ0v) is 14.0. The maximum absolute atomic E-state index is 12.5. The Morgan fingerprint density at radius 2 is 2.08 bits per heavy atom. The van der Waals surface area contributed by atoms with Crippen molar-refractivity contribution in [1.82, 2.24) is 0 Å². The maximum atomic E-state index is 12.5. The molecule has 6 heteroatoms. The predicted molar refractivity (Wildman–Crippen MR) is 92.8 cm³/mol. The molecule has 2 aromatic carbocycles. The van der Waals surface area contributed by atoms with Crippen molar-refractivity contribution < 1.29 is 19.1 Å². The van der Waals surface area contributed by atoms with Gasteiger partial charge in [0.15, 0.2) is 5.76 Å². The summed E-state index contributed by atoms with van der Waals surface area (Å²) in [4.78, 5) is 12.5. The fourth-order valence-electron chi connectivity index (χ4n) is 2.58. The number of ether oxygens (including phenoxy) is 1. The third-order valence-electron chi connectivity index (χ3n) is 3.81. The van der Waals surface area contributed by atoms with Crippen LogP contribution in [0.3, 0.4) is 0 Å². The monoisotopic (exact) mass is 345 g/mol. The van der Waals surface area contributed by atoms with E-state index in [1.54, 1.807) is 36.4 Å². The summed E-state index contributed by atoms with van der Waals surface area (Å²) in [5.41, 5.74) is 2.46. The second kappa shape index (κ2) is 6.55. The third kappa shape index (κ3) is 2.96. The van der Waals surface area contributed by atoms with Gasteiger partial charge in [-0.3, -0.25) is 4.79 Å². The Morgan fingerprint density at radius 3 is 2.79 bits per heavy atom. The standard InChI is InChI=1S/C18H16ClNO4/c1-10-14-8-12(19)3-5-16(14)24-17(10)18(22)20-13-4-6-15(23-2)11(7-13)9-21/h3-8,21H,9H2,1-2H3,(H,20,22). The fraction of sp³-hybridized carbons (Fsp3) is 0.167. The van der Waals surface area contributed by atoms with Crippen molar-refractivity contribution >= 4 is 34.2 Å². The number of aryl methyl sites for hydroxylation is 1. The summed E-state index contributed by atoms with van der Waals surface area (Å²) in [5.74, 6) is 0.424. The first-order chi connectivity index (χ1) is 11.5.